The van der Waals surface area contributed by atoms with Crippen LogP contribution in [0.25, 0.3) is 0 Å². The Kier molecular flexibility index (Phi) is 6.28. The average molecular weight is 305 g/mol. The highest BCUT2D eigenvalue weighted by atomic mass is 32.2. The van der Waals surface area contributed by atoms with Crippen molar-refractivity contribution in [2.75, 3.05) is 5.75 Å². The first kappa shape index (κ1) is 14.6. The van der Waals surface area contributed by atoms with Crippen molar-refractivity contribution in [2.24, 2.45) is 0 Å². The maximum absolute atomic E-state index is 9.94. The quantitative estimate of drug-likeness (QED) is 0.639. The fourth-order valence-electron chi connectivity index (χ4n) is 1.95. The third-order valence-electron chi connectivity index (χ3n) is 3.03. The van der Waals surface area contributed by atoms with Crippen molar-refractivity contribution in [1.29, 1.82) is 0 Å². The molecular formula is C12H20N2OS3. The molecule has 0 aromatic carbocycles. The van der Waals surface area contributed by atoms with Crippen LogP contribution in [0, 0.1) is 0 Å². The maximum atomic E-state index is 9.94. The lowest BCUT2D eigenvalue weighted by molar-refractivity contribution is 0.137. The smallest absolute Gasteiger partial charge is 0.175 e. The van der Waals surface area contributed by atoms with E-state index in [0.29, 0.717) is 5.25 Å². The average Bonchev–Trinajstić information content (AvgIpc) is 2.80. The lowest BCUT2D eigenvalue weighted by Crippen LogP contribution is -2.26. The molecule has 0 bridgehead atoms. The van der Waals surface area contributed by atoms with Gasteiger partial charge in [0.25, 0.3) is 0 Å². The highest BCUT2D eigenvalue weighted by Crippen LogP contribution is 2.37. The Morgan fingerprint density at radius 3 is 2.83 bits per heavy atom. The zero-order chi connectivity index (χ0) is 12.8. The van der Waals surface area contributed by atoms with E-state index in [4.69, 9.17) is 0 Å². The zero-order valence-corrected chi connectivity index (χ0v) is 13.1. The number of aromatic nitrogens is 2. The van der Waals surface area contributed by atoms with E-state index in [2.05, 4.69) is 17.1 Å². The summed E-state index contributed by atoms with van der Waals surface area (Å²) in [6.45, 7) is 2.20. The molecule has 2 atom stereocenters. The third-order valence-corrected chi connectivity index (χ3v) is 6.64. The van der Waals surface area contributed by atoms with Crippen molar-refractivity contribution >= 4 is 34.9 Å². The second-order valence-electron chi connectivity index (χ2n) is 4.54. The summed E-state index contributed by atoms with van der Waals surface area (Å²) in [5.41, 5.74) is 0. The van der Waals surface area contributed by atoms with Crippen LogP contribution in [0.15, 0.2) is 8.68 Å². The van der Waals surface area contributed by atoms with Crippen LogP contribution >= 0.6 is 34.9 Å². The minimum Gasteiger partial charge on any atom is -0.392 e. The van der Waals surface area contributed by atoms with Crippen LogP contribution < -0.4 is 0 Å². The van der Waals surface area contributed by atoms with Crippen LogP contribution in [0.3, 0.4) is 0 Å². The lowest BCUT2D eigenvalue weighted by Gasteiger charge is -2.25. The Morgan fingerprint density at radius 1 is 1.28 bits per heavy atom. The van der Waals surface area contributed by atoms with Gasteiger partial charge < -0.3 is 5.11 Å². The first-order chi connectivity index (χ1) is 8.79. The van der Waals surface area contributed by atoms with Gasteiger partial charge in [-0.3, -0.25) is 0 Å². The second-order valence-corrected chi connectivity index (χ2v) is 8.35. The van der Waals surface area contributed by atoms with Gasteiger partial charge in [-0.15, -0.1) is 10.2 Å². The Hall–Kier alpha value is 0.220. The van der Waals surface area contributed by atoms with Gasteiger partial charge in [-0.1, -0.05) is 61.0 Å². The molecule has 2 rings (SSSR count). The van der Waals surface area contributed by atoms with Gasteiger partial charge in [0.15, 0.2) is 8.68 Å². The molecule has 18 heavy (non-hydrogen) atoms. The Balaban J connectivity index is 1.82. The monoisotopic (exact) mass is 304 g/mol. The number of aliphatic hydroxyl groups excluding tert-OH is 1. The van der Waals surface area contributed by atoms with Crippen molar-refractivity contribution in [3.63, 3.8) is 0 Å². The molecule has 1 aromatic heterocycles. The predicted molar refractivity (Wildman–Crippen MR) is 79.7 cm³/mol. The van der Waals surface area contributed by atoms with E-state index in [1.165, 1.54) is 19.3 Å². The van der Waals surface area contributed by atoms with Crippen LogP contribution in [-0.4, -0.2) is 32.4 Å². The van der Waals surface area contributed by atoms with Crippen molar-refractivity contribution in [3.8, 4) is 0 Å². The van der Waals surface area contributed by atoms with Gasteiger partial charge in [0.05, 0.1) is 6.10 Å². The fourth-order valence-corrected chi connectivity index (χ4v) is 5.58. The third kappa shape index (κ3) is 4.40. The van der Waals surface area contributed by atoms with Crippen molar-refractivity contribution in [1.82, 2.24) is 10.2 Å². The summed E-state index contributed by atoms with van der Waals surface area (Å²) in [6.07, 6.45) is 6.72. The summed E-state index contributed by atoms with van der Waals surface area (Å²) in [6, 6.07) is 0. The molecule has 102 valence electrons. The van der Waals surface area contributed by atoms with Gasteiger partial charge in [-0.05, 0) is 19.3 Å². The number of hydrogen-bond acceptors (Lipinski definition) is 6. The van der Waals surface area contributed by atoms with E-state index in [0.717, 1.165) is 33.7 Å². The molecule has 6 heteroatoms. The summed E-state index contributed by atoms with van der Waals surface area (Å²) in [4.78, 5) is 0. The molecule has 0 amide bonds. The van der Waals surface area contributed by atoms with Gasteiger partial charge in [-0.25, -0.2) is 0 Å². The van der Waals surface area contributed by atoms with E-state index in [1.807, 2.05) is 0 Å². The molecule has 3 nitrogen and oxygen atoms in total. The molecule has 1 aliphatic carbocycles. The zero-order valence-electron chi connectivity index (χ0n) is 10.7. The predicted octanol–water partition coefficient (Wildman–Crippen LogP) is 3.83. The van der Waals surface area contributed by atoms with E-state index in [1.54, 1.807) is 34.9 Å². The maximum Gasteiger partial charge on any atom is 0.175 e. The highest BCUT2D eigenvalue weighted by Gasteiger charge is 2.25. The molecule has 0 radical (unpaired) electrons. The van der Waals surface area contributed by atoms with Gasteiger partial charge >= 0.3 is 0 Å². The van der Waals surface area contributed by atoms with Crippen LogP contribution in [-0.2, 0) is 0 Å². The number of unbranched alkanes of at least 4 members (excludes halogenated alkanes) is 1. The summed E-state index contributed by atoms with van der Waals surface area (Å²) in [5.74, 6) is 1.13. The SMILES string of the molecule is CCCCSc1nnc(SC2CCCCC2O)s1. The van der Waals surface area contributed by atoms with Gasteiger partial charge in [-0.2, -0.15) is 0 Å². The van der Waals surface area contributed by atoms with E-state index in [-0.39, 0.29) is 6.10 Å². The van der Waals surface area contributed by atoms with Crippen LogP contribution in [0.4, 0.5) is 0 Å². The van der Waals surface area contributed by atoms with Crippen molar-refractivity contribution < 1.29 is 5.11 Å². The van der Waals surface area contributed by atoms with E-state index < -0.39 is 0 Å². The number of rotatable bonds is 6. The molecule has 1 aromatic rings. The molecule has 0 aliphatic heterocycles. The lowest BCUT2D eigenvalue weighted by atomic mass is 9.97. The van der Waals surface area contributed by atoms with Crippen LogP contribution in [0.1, 0.15) is 45.4 Å². The van der Waals surface area contributed by atoms with Gasteiger partial charge in [0.2, 0.25) is 0 Å². The summed E-state index contributed by atoms with van der Waals surface area (Å²) < 4.78 is 2.08. The molecule has 0 spiro atoms. The Bertz CT molecular complexity index is 359. The van der Waals surface area contributed by atoms with Gasteiger partial charge in [0, 0.05) is 11.0 Å². The molecule has 1 aliphatic rings. The number of thioether (sulfide) groups is 2. The van der Waals surface area contributed by atoms with Crippen LogP contribution in [0.5, 0.6) is 0 Å². The highest BCUT2D eigenvalue weighted by molar-refractivity contribution is 8.03. The molecule has 2 unspecified atom stereocenters. The molecule has 1 heterocycles. The Morgan fingerprint density at radius 2 is 2.06 bits per heavy atom. The van der Waals surface area contributed by atoms with Crippen molar-refractivity contribution in [3.05, 3.63) is 0 Å². The van der Waals surface area contributed by atoms with Crippen LogP contribution in [0.2, 0.25) is 0 Å². The summed E-state index contributed by atoms with van der Waals surface area (Å²) >= 11 is 5.18. The largest absolute Gasteiger partial charge is 0.392 e. The fraction of sp³-hybridized carbons (Fsp3) is 0.833. The minimum absolute atomic E-state index is 0.163. The standard InChI is InChI=1S/C12H20N2OS3/c1-2-3-8-16-11-13-14-12(18-11)17-10-7-5-4-6-9(10)15/h9-10,15H,2-8H2,1H3. The van der Waals surface area contributed by atoms with Gasteiger partial charge in [0.1, 0.15) is 0 Å². The summed E-state index contributed by atoms with van der Waals surface area (Å²) in [7, 11) is 0. The molecule has 1 saturated carbocycles. The first-order valence-corrected chi connectivity index (χ1v) is 9.28. The van der Waals surface area contributed by atoms with E-state index >= 15 is 0 Å². The summed E-state index contributed by atoms with van der Waals surface area (Å²) in [5, 5.41) is 18.7. The molecular weight excluding hydrogens is 284 g/mol. The molecule has 1 fully saturated rings. The second kappa shape index (κ2) is 7.72. The van der Waals surface area contributed by atoms with Crippen molar-refractivity contribution in [2.45, 2.75) is 65.5 Å². The topological polar surface area (TPSA) is 46.0 Å². The number of hydrogen-bond donors (Lipinski definition) is 1. The molecule has 1 N–H and O–H groups in total. The minimum atomic E-state index is -0.163. The first-order valence-electron chi connectivity index (χ1n) is 6.60. The molecule has 0 saturated heterocycles. The number of aliphatic hydroxyl groups is 1. The van der Waals surface area contributed by atoms with E-state index in [9.17, 15) is 5.11 Å². The number of nitrogens with zero attached hydrogens (tertiary/aromatic N) is 2. The normalized spacial score (nSPS) is 24.3. The Labute approximate surface area is 121 Å².